The van der Waals surface area contributed by atoms with Gasteiger partial charge in [0.25, 0.3) is 0 Å². The van der Waals surface area contributed by atoms with Gasteiger partial charge in [0.15, 0.2) is 0 Å². The topological polar surface area (TPSA) is 62.0 Å². The molecule has 0 aliphatic heterocycles. The molecule has 0 saturated carbocycles. The third-order valence-electron chi connectivity index (χ3n) is 3.07. The van der Waals surface area contributed by atoms with Crippen LogP contribution in [0.1, 0.15) is 17.7 Å². The van der Waals surface area contributed by atoms with Gasteiger partial charge in [-0.15, -0.1) is 0 Å². The van der Waals surface area contributed by atoms with Crippen molar-refractivity contribution in [2.45, 2.75) is 19.5 Å². The summed E-state index contributed by atoms with van der Waals surface area (Å²) < 4.78 is 5.14. The maximum Gasteiger partial charge on any atom is 0.213 e. The van der Waals surface area contributed by atoms with Gasteiger partial charge in [0.1, 0.15) is 0 Å². The first-order valence-corrected chi connectivity index (χ1v) is 6.80. The second-order valence-electron chi connectivity index (χ2n) is 4.65. The van der Waals surface area contributed by atoms with Crippen LogP contribution in [-0.2, 0) is 13.1 Å². The second kappa shape index (κ2) is 7.98. The predicted octanol–water partition coefficient (Wildman–Crippen LogP) is 2.40. The van der Waals surface area contributed by atoms with Gasteiger partial charge in [-0.1, -0.05) is 6.07 Å². The maximum absolute atomic E-state index is 8.81. The highest BCUT2D eigenvalue weighted by Gasteiger charge is 2.08. The van der Waals surface area contributed by atoms with E-state index in [2.05, 4.69) is 20.9 Å². The van der Waals surface area contributed by atoms with Gasteiger partial charge in [-0.25, -0.2) is 4.98 Å². The summed E-state index contributed by atoms with van der Waals surface area (Å²) >= 11 is 0. The lowest BCUT2D eigenvalue weighted by molar-refractivity contribution is 0.259. The molecule has 0 radical (unpaired) electrons. The van der Waals surface area contributed by atoms with Crippen molar-refractivity contribution in [1.29, 1.82) is 5.26 Å². The van der Waals surface area contributed by atoms with Crippen LogP contribution in [0.3, 0.4) is 0 Å². The number of methoxy groups -OCH3 is 1. The fraction of sp³-hybridized carbons (Fsp3) is 0.312. The third kappa shape index (κ3) is 4.86. The number of aromatic nitrogens is 2. The molecular weight excluding hydrogens is 264 g/mol. The molecule has 5 heteroatoms. The maximum atomic E-state index is 8.81. The molecule has 2 aromatic rings. The Morgan fingerprint density at radius 1 is 1.19 bits per heavy atom. The normalized spacial score (nSPS) is 10.3. The summed E-state index contributed by atoms with van der Waals surface area (Å²) in [5.41, 5.74) is 2.10. The number of nitrogens with zero attached hydrogens (tertiary/aromatic N) is 4. The van der Waals surface area contributed by atoms with Crippen molar-refractivity contribution in [3.8, 4) is 11.9 Å². The van der Waals surface area contributed by atoms with Crippen LogP contribution in [0, 0.1) is 11.3 Å². The number of nitriles is 1. The smallest absolute Gasteiger partial charge is 0.213 e. The Bertz CT molecular complexity index is 595. The molecule has 0 amide bonds. The Hall–Kier alpha value is -2.45. The molecule has 0 saturated heterocycles. The molecule has 0 spiro atoms. The van der Waals surface area contributed by atoms with Gasteiger partial charge in [-0.3, -0.25) is 9.88 Å². The van der Waals surface area contributed by atoms with E-state index < -0.39 is 0 Å². The lowest BCUT2D eigenvalue weighted by Gasteiger charge is -2.21. The number of rotatable bonds is 7. The lowest BCUT2D eigenvalue weighted by Crippen LogP contribution is -2.24. The van der Waals surface area contributed by atoms with Crippen molar-refractivity contribution in [2.24, 2.45) is 0 Å². The van der Waals surface area contributed by atoms with E-state index in [1.807, 2.05) is 30.3 Å². The van der Waals surface area contributed by atoms with Gasteiger partial charge in [-0.05, 0) is 23.8 Å². The van der Waals surface area contributed by atoms with Crippen molar-refractivity contribution in [3.05, 3.63) is 54.0 Å². The quantitative estimate of drug-likeness (QED) is 0.780. The highest BCUT2D eigenvalue weighted by molar-refractivity contribution is 5.20. The first-order chi connectivity index (χ1) is 10.3. The number of hydrogen-bond donors (Lipinski definition) is 0. The molecular formula is C16H18N4O. The predicted molar refractivity (Wildman–Crippen MR) is 79.4 cm³/mol. The molecule has 2 heterocycles. The molecule has 0 atom stereocenters. The number of ether oxygens (including phenoxy) is 1. The minimum Gasteiger partial charge on any atom is -0.481 e. The van der Waals surface area contributed by atoms with E-state index in [0.29, 0.717) is 25.4 Å². The first-order valence-electron chi connectivity index (χ1n) is 6.80. The summed E-state index contributed by atoms with van der Waals surface area (Å²) in [5, 5.41) is 8.81. The number of hydrogen-bond acceptors (Lipinski definition) is 5. The van der Waals surface area contributed by atoms with Gasteiger partial charge in [0.05, 0.1) is 18.9 Å². The molecule has 0 aliphatic carbocycles. The zero-order valence-corrected chi connectivity index (χ0v) is 12.1. The highest BCUT2D eigenvalue weighted by Crippen LogP contribution is 2.13. The average Bonchev–Trinajstić information content (AvgIpc) is 2.54. The van der Waals surface area contributed by atoms with Crippen molar-refractivity contribution in [1.82, 2.24) is 14.9 Å². The first kappa shape index (κ1) is 14.9. The average molecular weight is 282 g/mol. The molecule has 0 unspecified atom stereocenters. The second-order valence-corrected chi connectivity index (χ2v) is 4.65. The SMILES string of the molecule is COc1cc(CN(CCC#N)Cc2ccccn2)ccn1. The highest BCUT2D eigenvalue weighted by atomic mass is 16.5. The Kier molecular flexibility index (Phi) is 5.68. The van der Waals surface area contributed by atoms with Crippen LogP contribution in [0.2, 0.25) is 0 Å². The van der Waals surface area contributed by atoms with E-state index in [1.165, 1.54) is 0 Å². The Morgan fingerprint density at radius 2 is 2.10 bits per heavy atom. The van der Waals surface area contributed by atoms with Crippen molar-refractivity contribution in [2.75, 3.05) is 13.7 Å². The molecule has 0 aromatic carbocycles. The molecule has 0 bridgehead atoms. The fourth-order valence-corrected chi connectivity index (χ4v) is 2.06. The van der Waals surface area contributed by atoms with Crippen LogP contribution in [0.15, 0.2) is 42.7 Å². The molecule has 21 heavy (non-hydrogen) atoms. The lowest BCUT2D eigenvalue weighted by atomic mass is 10.2. The van der Waals surface area contributed by atoms with E-state index >= 15 is 0 Å². The monoisotopic (exact) mass is 282 g/mol. The Balaban J connectivity index is 2.06. The molecule has 0 aliphatic rings. The van der Waals surface area contributed by atoms with Crippen LogP contribution in [0.25, 0.3) is 0 Å². The van der Waals surface area contributed by atoms with Crippen LogP contribution < -0.4 is 4.74 Å². The standard InChI is InChI=1S/C16H18N4O/c1-21-16-11-14(6-9-19-16)12-20(10-4-7-17)13-15-5-2-3-8-18-15/h2-3,5-6,8-9,11H,4,10,12-13H2,1H3. The molecule has 0 N–H and O–H groups in total. The van der Waals surface area contributed by atoms with E-state index in [9.17, 15) is 0 Å². The van der Waals surface area contributed by atoms with E-state index in [0.717, 1.165) is 17.8 Å². The molecule has 108 valence electrons. The zero-order chi connectivity index (χ0) is 14.9. The third-order valence-corrected chi connectivity index (χ3v) is 3.07. The van der Waals surface area contributed by atoms with E-state index in [-0.39, 0.29) is 0 Å². The van der Waals surface area contributed by atoms with Crippen LogP contribution in [0.4, 0.5) is 0 Å². The summed E-state index contributed by atoms with van der Waals surface area (Å²) in [6.45, 7) is 2.15. The zero-order valence-electron chi connectivity index (χ0n) is 12.1. The Labute approximate surface area is 124 Å². The molecule has 2 rings (SSSR count). The van der Waals surface area contributed by atoms with Crippen LogP contribution in [0.5, 0.6) is 5.88 Å². The van der Waals surface area contributed by atoms with Crippen molar-refractivity contribution < 1.29 is 4.74 Å². The largest absolute Gasteiger partial charge is 0.481 e. The van der Waals surface area contributed by atoms with Crippen molar-refractivity contribution in [3.63, 3.8) is 0 Å². The van der Waals surface area contributed by atoms with Gasteiger partial charge in [-0.2, -0.15) is 5.26 Å². The minimum absolute atomic E-state index is 0.495. The Morgan fingerprint density at radius 3 is 2.81 bits per heavy atom. The van der Waals surface area contributed by atoms with Crippen LogP contribution >= 0.6 is 0 Å². The molecule has 2 aromatic heterocycles. The van der Waals surface area contributed by atoms with Gasteiger partial charge < -0.3 is 4.74 Å². The fourth-order valence-electron chi connectivity index (χ4n) is 2.06. The van der Waals surface area contributed by atoms with E-state index in [1.54, 1.807) is 19.5 Å². The van der Waals surface area contributed by atoms with Gasteiger partial charge in [0, 0.05) is 44.5 Å². The van der Waals surface area contributed by atoms with Crippen LogP contribution in [-0.4, -0.2) is 28.5 Å². The molecule has 0 fully saturated rings. The summed E-state index contributed by atoms with van der Waals surface area (Å²) in [4.78, 5) is 10.6. The minimum atomic E-state index is 0.495. The van der Waals surface area contributed by atoms with Gasteiger partial charge >= 0.3 is 0 Å². The van der Waals surface area contributed by atoms with Gasteiger partial charge in [0.2, 0.25) is 5.88 Å². The summed E-state index contributed by atoms with van der Waals surface area (Å²) in [6.07, 6.45) is 4.01. The summed E-state index contributed by atoms with van der Waals surface area (Å²) in [7, 11) is 1.60. The number of pyridine rings is 2. The molecule has 5 nitrogen and oxygen atoms in total. The van der Waals surface area contributed by atoms with E-state index in [4.69, 9.17) is 10.00 Å². The summed E-state index contributed by atoms with van der Waals surface area (Å²) in [6, 6.07) is 11.9. The summed E-state index contributed by atoms with van der Waals surface area (Å²) in [5.74, 6) is 0.602. The van der Waals surface area contributed by atoms with Crippen molar-refractivity contribution >= 4 is 0 Å².